The Morgan fingerprint density at radius 1 is 0.938 bits per heavy atom. The molecule has 0 aliphatic carbocycles. The third-order valence-corrected chi connectivity index (χ3v) is 0.697. The van der Waals surface area contributed by atoms with Crippen molar-refractivity contribution >= 4 is 17.8 Å². The highest BCUT2D eigenvalue weighted by molar-refractivity contribution is 5.73. The number of aliphatic carboxylic acids is 1. The molecule has 0 atom stereocenters. The van der Waals surface area contributed by atoms with E-state index in [0.717, 1.165) is 6.92 Å². The second kappa shape index (κ2) is 23.3. The summed E-state index contributed by atoms with van der Waals surface area (Å²) < 4.78 is 0. The molecule has 0 aromatic rings. The molecule has 0 spiro atoms. The first-order chi connectivity index (χ1) is 7.27. The van der Waals surface area contributed by atoms with E-state index in [1.165, 1.54) is 0 Å². The summed E-state index contributed by atoms with van der Waals surface area (Å²) in [6.45, 7) is 4.53. The number of hydrogen-bond donors (Lipinski definition) is 5. The molecule has 16 heavy (non-hydrogen) atoms. The molecule has 0 bridgehead atoms. The topological polar surface area (TPSA) is 164 Å². The van der Waals surface area contributed by atoms with Crippen molar-refractivity contribution in [3.05, 3.63) is 0 Å². The van der Waals surface area contributed by atoms with E-state index in [2.05, 4.69) is 11.5 Å². The van der Waals surface area contributed by atoms with E-state index < -0.39 is 5.97 Å². The normalized spacial score (nSPS) is 6.56. The van der Waals surface area contributed by atoms with Crippen LogP contribution in [-0.4, -0.2) is 33.4 Å². The average molecular weight is 240 g/mol. The van der Waals surface area contributed by atoms with Crippen LogP contribution < -0.4 is 11.5 Å². The number of carboxylic acids is 1. The van der Waals surface area contributed by atoms with Crippen molar-refractivity contribution in [1.82, 2.24) is 0 Å². The molecule has 0 unspecified atom stereocenters. The van der Waals surface area contributed by atoms with E-state index in [1.54, 1.807) is 13.8 Å². The van der Waals surface area contributed by atoms with Crippen molar-refractivity contribution in [2.75, 3.05) is 0 Å². The van der Waals surface area contributed by atoms with Gasteiger partial charge in [0.1, 0.15) is 0 Å². The lowest BCUT2D eigenvalue weighted by atomic mass is 10.5. The lowest BCUT2D eigenvalue weighted by Crippen LogP contribution is -2.06. The summed E-state index contributed by atoms with van der Waals surface area (Å²) in [5.41, 5.74) is 9.31. The smallest absolute Gasteiger partial charge is 0.300 e. The van der Waals surface area contributed by atoms with Crippen molar-refractivity contribution in [1.29, 1.82) is 0 Å². The fourth-order valence-corrected chi connectivity index (χ4v) is 0. The molecule has 0 rings (SSSR count). The number of rotatable bonds is 2. The summed E-state index contributed by atoms with van der Waals surface area (Å²) in [5.74, 6) is -1.32. The van der Waals surface area contributed by atoms with Gasteiger partial charge in [-0.15, -0.1) is 0 Å². The summed E-state index contributed by atoms with van der Waals surface area (Å²) in [6.07, 6.45) is 0.889. The zero-order valence-corrected chi connectivity index (χ0v) is 9.64. The maximum Gasteiger partial charge on any atom is 0.300 e. The van der Waals surface area contributed by atoms with Crippen LogP contribution in [0.15, 0.2) is 0 Å². The lowest BCUT2D eigenvalue weighted by molar-refractivity contribution is -0.176. The molecule has 0 heterocycles. The van der Waals surface area contributed by atoms with Gasteiger partial charge in [-0.1, -0.05) is 13.8 Å². The largest absolute Gasteiger partial charge is 0.481 e. The Kier molecular flexibility index (Phi) is 34.7. The maximum absolute atomic E-state index is 9.59. The van der Waals surface area contributed by atoms with Crippen LogP contribution in [0.5, 0.6) is 0 Å². The Bertz CT molecular complexity index is 165. The number of nitrogens with two attached hydrogens (primary N) is 2. The van der Waals surface area contributed by atoms with Crippen LogP contribution in [0.1, 0.15) is 33.6 Å². The second-order valence-electron chi connectivity index (χ2n) is 2.16. The molecule has 0 saturated carbocycles. The standard InChI is InChI=1S/2C3H7NO.C2H4O2.H2O2/c2*1-2-3(4)5;1-2(3)4;1-2/h2*2H2,1H3,(H2,4,5);1H3,(H,3,4);1-2H. The van der Waals surface area contributed by atoms with Gasteiger partial charge in [0.15, 0.2) is 0 Å². The molecule has 0 radical (unpaired) electrons. The van der Waals surface area contributed by atoms with Gasteiger partial charge in [-0.3, -0.25) is 24.9 Å². The summed E-state index contributed by atoms with van der Waals surface area (Å²) in [7, 11) is 0. The zero-order valence-electron chi connectivity index (χ0n) is 9.64. The number of carbonyl (C=O) groups is 3. The Morgan fingerprint density at radius 2 is 1.00 bits per heavy atom. The van der Waals surface area contributed by atoms with Crippen molar-refractivity contribution < 1.29 is 30.0 Å². The highest BCUT2D eigenvalue weighted by atomic mass is 17.0. The Morgan fingerprint density at radius 3 is 1.00 bits per heavy atom. The molecule has 98 valence electrons. The van der Waals surface area contributed by atoms with Gasteiger partial charge in [-0.2, -0.15) is 0 Å². The zero-order chi connectivity index (χ0) is 14.1. The fraction of sp³-hybridized carbons (Fsp3) is 0.625. The number of amides is 2. The number of carbonyl (C=O) groups excluding carboxylic acids is 2. The molecule has 0 saturated heterocycles. The van der Waals surface area contributed by atoms with E-state index >= 15 is 0 Å². The summed E-state index contributed by atoms with van der Waals surface area (Å²) in [6, 6.07) is 0. The predicted molar refractivity (Wildman–Crippen MR) is 57.5 cm³/mol. The van der Waals surface area contributed by atoms with Crippen LogP contribution in [-0.2, 0) is 14.4 Å². The Hall–Kier alpha value is -1.67. The van der Waals surface area contributed by atoms with Gasteiger partial charge in [-0.25, -0.2) is 0 Å². The van der Waals surface area contributed by atoms with Crippen LogP contribution in [0.25, 0.3) is 0 Å². The summed E-state index contributed by atoms with van der Waals surface area (Å²) in [4.78, 5) is 28.2. The van der Waals surface area contributed by atoms with E-state index in [-0.39, 0.29) is 11.8 Å². The first kappa shape index (κ1) is 23.9. The maximum atomic E-state index is 9.59. The van der Waals surface area contributed by atoms with E-state index in [0.29, 0.717) is 12.8 Å². The fourth-order valence-electron chi connectivity index (χ4n) is 0. The highest BCUT2D eigenvalue weighted by Crippen LogP contribution is 1.63. The van der Waals surface area contributed by atoms with Crippen LogP contribution in [0.3, 0.4) is 0 Å². The van der Waals surface area contributed by atoms with Crippen molar-refractivity contribution in [3.8, 4) is 0 Å². The van der Waals surface area contributed by atoms with E-state index in [9.17, 15) is 9.59 Å². The van der Waals surface area contributed by atoms with Crippen LogP contribution in [0.2, 0.25) is 0 Å². The van der Waals surface area contributed by atoms with Crippen molar-refractivity contribution in [3.63, 3.8) is 0 Å². The molecule has 0 aromatic heterocycles. The number of hydrogen-bond acceptors (Lipinski definition) is 5. The van der Waals surface area contributed by atoms with Gasteiger partial charge in [-0.05, 0) is 0 Å². The van der Waals surface area contributed by atoms with Crippen LogP contribution in [0.4, 0.5) is 0 Å². The van der Waals surface area contributed by atoms with Gasteiger partial charge >= 0.3 is 0 Å². The minimum absolute atomic E-state index is 0.245. The van der Waals surface area contributed by atoms with Gasteiger partial charge in [0, 0.05) is 19.8 Å². The molecule has 0 aliphatic rings. The van der Waals surface area contributed by atoms with E-state index in [1.807, 2.05) is 0 Å². The van der Waals surface area contributed by atoms with Gasteiger partial charge < -0.3 is 16.6 Å². The summed E-state index contributed by atoms with van der Waals surface area (Å²) in [5, 5.41) is 19.4. The Balaban J connectivity index is -0.0000000629. The third kappa shape index (κ3) is 292. The summed E-state index contributed by atoms with van der Waals surface area (Å²) >= 11 is 0. The molecule has 0 fully saturated rings. The minimum Gasteiger partial charge on any atom is -0.481 e. The lowest BCUT2D eigenvalue weighted by Gasteiger charge is -1.73. The molecule has 8 nitrogen and oxygen atoms in total. The van der Waals surface area contributed by atoms with Gasteiger partial charge in [0.05, 0.1) is 0 Å². The first-order valence-electron chi connectivity index (χ1n) is 4.23. The number of primary amides is 2. The van der Waals surface area contributed by atoms with Crippen molar-refractivity contribution in [2.45, 2.75) is 33.6 Å². The van der Waals surface area contributed by atoms with Crippen molar-refractivity contribution in [2.24, 2.45) is 11.5 Å². The molecular formula is C8H20N2O6. The molecule has 7 N–H and O–H groups in total. The van der Waals surface area contributed by atoms with Crippen LogP contribution >= 0.6 is 0 Å². The van der Waals surface area contributed by atoms with E-state index in [4.69, 9.17) is 20.4 Å². The molecule has 8 heteroatoms. The molecule has 0 aliphatic heterocycles. The number of carboxylic acid groups (broad SMARTS) is 1. The monoisotopic (exact) mass is 240 g/mol. The quantitative estimate of drug-likeness (QED) is 0.333. The second-order valence-corrected chi connectivity index (χ2v) is 2.16. The third-order valence-electron chi connectivity index (χ3n) is 0.697. The average Bonchev–Trinajstić information content (AvgIpc) is 2.20. The predicted octanol–water partition coefficient (Wildman–Crippen LogP) is -0.128. The minimum atomic E-state index is -0.833. The first-order valence-corrected chi connectivity index (χ1v) is 4.23. The molecule has 2 amide bonds. The Labute approximate surface area is 93.8 Å². The SMILES string of the molecule is CC(=O)O.CCC(N)=O.CCC(N)=O.OO. The molecular weight excluding hydrogens is 220 g/mol. The highest BCUT2D eigenvalue weighted by Gasteiger charge is 1.77. The van der Waals surface area contributed by atoms with Crippen LogP contribution in [0, 0.1) is 0 Å². The van der Waals surface area contributed by atoms with Gasteiger partial charge in [0.25, 0.3) is 5.97 Å². The molecule has 0 aromatic carbocycles. The van der Waals surface area contributed by atoms with Gasteiger partial charge in [0.2, 0.25) is 11.8 Å².